The lowest BCUT2D eigenvalue weighted by atomic mass is 10.0. The van der Waals surface area contributed by atoms with Gasteiger partial charge in [-0.1, -0.05) is 57.2 Å². The second-order valence-corrected chi connectivity index (χ2v) is 13.9. The zero-order chi connectivity index (χ0) is 21.9. The highest BCUT2D eigenvalue weighted by atomic mass is 28.4. The third kappa shape index (κ3) is 4.83. The minimum atomic E-state index is -2.03. The van der Waals surface area contributed by atoms with Gasteiger partial charge in [0.15, 0.2) is 8.32 Å². The van der Waals surface area contributed by atoms with Crippen molar-refractivity contribution in [3.63, 3.8) is 0 Å². The van der Waals surface area contributed by atoms with Gasteiger partial charge in [-0.2, -0.15) is 0 Å². The number of pyridine rings is 1. The van der Waals surface area contributed by atoms with Crippen LogP contribution in [0, 0.1) is 0 Å². The van der Waals surface area contributed by atoms with E-state index < -0.39 is 8.32 Å². The van der Waals surface area contributed by atoms with E-state index in [1.54, 1.807) is 0 Å². The van der Waals surface area contributed by atoms with Gasteiger partial charge < -0.3 is 19.9 Å². The van der Waals surface area contributed by atoms with Crippen LogP contribution in [-0.2, 0) is 11.0 Å². The van der Waals surface area contributed by atoms with E-state index in [1.165, 1.54) is 6.07 Å². The first-order valence-corrected chi connectivity index (χ1v) is 13.2. The van der Waals surface area contributed by atoms with Gasteiger partial charge in [-0.15, -0.1) is 0 Å². The molecule has 1 heterocycles. The van der Waals surface area contributed by atoms with Crippen molar-refractivity contribution in [2.24, 2.45) is 5.73 Å². The predicted molar refractivity (Wildman–Crippen MR) is 125 cm³/mol. The monoisotopic (exact) mass is 424 g/mol. The van der Waals surface area contributed by atoms with Gasteiger partial charge in [0, 0.05) is 18.0 Å². The van der Waals surface area contributed by atoms with Crippen LogP contribution in [0.3, 0.4) is 0 Å². The zero-order valence-corrected chi connectivity index (χ0v) is 19.5. The fraction of sp³-hybridized carbons (Fsp3) is 0.375. The average Bonchev–Trinajstić information content (AvgIpc) is 2.70. The molecule has 3 rings (SSSR count). The molecule has 160 valence electrons. The Morgan fingerprint density at radius 1 is 1.03 bits per heavy atom. The summed E-state index contributed by atoms with van der Waals surface area (Å²) in [6, 6.07) is 17.2. The minimum Gasteiger partial charge on any atom is -0.487 e. The van der Waals surface area contributed by atoms with Gasteiger partial charge in [-0.3, -0.25) is 4.79 Å². The van der Waals surface area contributed by atoms with Crippen molar-refractivity contribution in [2.75, 3.05) is 6.54 Å². The third-order valence-electron chi connectivity index (χ3n) is 5.93. The van der Waals surface area contributed by atoms with Crippen LogP contribution in [0.5, 0.6) is 5.75 Å². The van der Waals surface area contributed by atoms with Gasteiger partial charge in [0.1, 0.15) is 12.4 Å². The first-order chi connectivity index (χ1) is 14.1. The van der Waals surface area contributed by atoms with E-state index in [9.17, 15) is 4.79 Å². The summed E-state index contributed by atoms with van der Waals surface area (Å²) in [5, 5.41) is 0.970. The standard InChI is InChI=1S/C24H32N2O3Si/c1-24(2,3)30(4,5)29-21(15-25)18-11-13-20(23-19(18)12-14-22(27)26-23)28-16-17-9-7-6-8-10-17/h6-14,21H,15-16,25H2,1-5H3,(H,26,27). The fourth-order valence-electron chi connectivity index (χ4n) is 3.16. The summed E-state index contributed by atoms with van der Waals surface area (Å²) in [5.41, 5.74) is 8.69. The Morgan fingerprint density at radius 3 is 2.37 bits per heavy atom. The van der Waals surface area contributed by atoms with Gasteiger partial charge in [0.2, 0.25) is 5.56 Å². The van der Waals surface area contributed by atoms with Gasteiger partial charge in [0.05, 0.1) is 11.6 Å². The van der Waals surface area contributed by atoms with E-state index >= 15 is 0 Å². The molecule has 3 aromatic rings. The smallest absolute Gasteiger partial charge is 0.248 e. The molecule has 3 N–H and O–H groups in total. The molecule has 0 saturated carbocycles. The molecule has 0 spiro atoms. The molecule has 0 fully saturated rings. The Bertz CT molecular complexity index is 1060. The molecule has 6 heteroatoms. The van der Waals surface area contributed by atoms with E-state index in [0.717, 1.165) is 16.5 Å². The maximum Gasteiger partial charge on any atom is 0.248 e. The first-order valence-electron chi connectivity index (χ1n) is 10.3. The van der Waals surface area contributed by atoms with E-state index in [-0.39, 0.29) is 16.7 Å². The summed E-state index contributed by atoms with van der Waals surface area (Å²) >= 11 is 0. The Morgan fingerprint density at radius 2 is 1.73 bits per heavy atom. The molecular formula is C24H32N2O3Si. The fourth-order valence-corrected chi connectivity index (χ4v) is 4.44. The van der Waals surface area contributed by atoms with Gasteiger partial charge in [-0.05, 0) is 41.4 Å². The Balaban J connectivity index is 1.99. The summed E-state index contributed by atoms with van der Waals surface area (Å²) in [6.45, 7) is 11.9. The van der Waals surface area contributed by atoms with Crippen molar-refractivity contribution in [3.8, 4) is 5.75 Å². The van der Waals surface area contributed by atoms with E-state index in [2.05, 4.69) is 38.8 Å². The van der Waals surface area contributed by atoms with Crippen LogP contribution in [0.25, 0.3) is 10.9 Å². The lowest BCUT2D eigenvalue weighted by Crippen LogP contribution is -2.43. The number of H-pyrrole nitrogens is 1. The van der Waals surface area contributed by atoms with E-state index in [4.69, 9.17) is 14.9 Å². The maximum absolute atomic E-state index is 12.1. The van der Waals surface area contributed by atoms with Crippen LogP contribution < -0.4 is 16.0 Å². The number of ether oxygens (including phenoxy) is 1. The number of hydrogen-bond acceptors (Lipinski definition) is 4. The quantitative estimate of drug-likeness (QED) is 0.516. The zero-order valence-electron chi connectivity index (χ0n) is 18.5. The molecular weight excluding hydrogens is 392 g/mol. The van der Waals surface area contributed by atoms with Crippen LogP contribution >= 0.6 is 0 Å². The summed E-state index contributed by atoms with van der Waals surface area (Å²) in [4.78, 5) is 15.0. The number of nitrogens with two attached hydrogens (primary N) is 1. The summed E-state index contributed by atoms with van der Waals surface area (Å²) in [7, 11) is -2.03. The molecule has 1 atom stereocenters. The summed E-state index contributed by atoms with van der Waals surface area (Å²) in [5.74, 6) is 0.637. The number of rotatable bonds is 7. The molecule has 0 aliphatic rings. The molecule has 0 amide bonds. The molecule has 0 saturated heterocycles. The summed E-state index contributed by atoms with van der Waals surface area (Å²) in [6.07, 6.45) is -0.248. The number of aromatic nitrogens is 1. The maximum atomic E-state index is 12.1. The Labute approximate surface area is 179 Å². The Kier molecular flexibility index (Phi) is 6.50. The van der Waals surface area contributed by atoms with E-state index in [0.29, 0.717) is 24.4 Å². The largest absolute Gasteiger partial charge is 0.487 e. The van der Waals surface area contributed by atoms with E-state index in [1.807, 2.05) is 48.5 Å². The molecule has 2 aromatic carbocycles. The number of nitrogens with one attached hydrogen (secondary N) is 1. The SMILES string of the molecule is CC(C)(C)[Si](C)(C)OC(CN)c1ccc(OCc2ccccc2)c2[nH]c(=O)ccc12. The predicted octanol–water partition coefficient (Wildman–Crippen LogP) is 5.13. The van der Waals surface area contributed by atoms with Crippen molar-refractivity contribution in [1.82, 2.24) is 4.98 Å². The average molecular weight is 425 g/mol. The van der Waals surface area contributed by atoms with Crippen LogP contribution in [-0.4, -0.2) is 19.8 Å². The van der Waals surface area contributed by atoms with Crippen molar-refractivity contribution in [1.29, 1.82) is 0 Å². The van der Waals surface area contributed by atoms with Crippen LogP contribution in [0.15, 0.2) is 59.4 Å². The second kappa shape index (κ2) is 8.76. The van der Waals surface area contributed by atoms with Crippen LogP contribution in [0.2, 0.25) is 18.1 Å². The summed E-state index contributed by atoms with van der Waals surface area (Å²) < 4.78 is 12.7. The van der Waals surface area contributed by atoms with Crippen molar-refractivity contribution < 1.29 is 9.16 Å². The molecule has 0 aliphatic heterocycles. The number of aromatic amines is 1. The first kappa shape index (κ1) is 22.3. The molecule has 0 radical (unpaired) electrons. The number of fused-ring (bicyclic) bond motifs is 1. The Hall–Kier alpha value is -2.41. The molecule has 30 heavy (non-hydrogen) atoms. The number of hydrogen-bond donors (Lipinski definition) is 2. The van der Waals surface area contributed by atoms with Crippen molar-refractivity contribution in [3.05, 3.63) is 76.1 Å². The molecule has 1 unspecified atom stereocenters. The normalized spacial score (nSPS) is 13.4. The molecule has 5 nitrogen and oxygen atoms in total. The van der Waals surface area contributed by atoms with Gasteiger partial charge in [-0.25, -0.2) is 0 Å². The number of benzene rings is 2. The topological polar surface area (TPSA) is 77.3 Å². The minimum absolute atomic E-state index is 0.0727. The van der Waals surface area contributed by atoms with Crippen molar-refractivity contribution in [2.45, 2.75) is 51.6 Å². The highest BCUT2D eigenvalue weighted by Gasteiger charge is 2.39. The molecule has 0 bridgehead atoms. The lowest BCUT2D eigenvalue weighted by molar-refractivity contribution is 0.193. The second-order valence-electron chi connectivity index (χ2n) is 9.14. The van der Waals surface area contributed by atoms with Gasteiger partial charge in [0.25, 0.3) is 0 Å². The lowest BCUT2D eigenvalue weighted by Gasteiger charge is -2.39. The van der Waals surface area contributed by atoms with Crippen LogP contribution in [0.4, 0.5) is 0 Å². The molecule has 1 aromatic heterocycles. The van der Waals surface area contributed by atoms with Gasteiger partial charge >= 0.3 is 0 Å². The highest BCUT2D eigenvalue weighted by molar-refractivity contribution is 6.74. The van der Waals surface area contributed by atoms with Crippen molar-refractivity contribution >= 4 is 19.2 Å². The molecule has 0 aliphatic carbocycles. The third-order valence-corrected chi connectivity index (χ3v) is 10.4. The van der Waals surface area contributed by atoms with Crippen LogP contribution in [0.1, 0.15) is 38.0 Å². The highest BCUT2D eigenvalue weighted by Crippen LogP contribution is 2.41.